The van der Waals surface area contributed by atoms with Crippen LogP contribution in [-0.2, 0) is 14.4 Å². The Kier molecular flexibility index (Phi) is 3.02. The van der Waals surface area contributed by atoms with Gasteiger partial charge in [0.15, 0.2) is 11.6 Å². The highest BCUT2D eigenvalue weighted by molar-refractivity contribution is 6.21. The second-order valence-electron chi connectivity index (χ2n) is 4.59. The molecule has 5 heteroatoms. The molecule has 1 aliphatic rings. The van der Waals surface area contributed by atoms with E-state index < -0.39 is 35.1 Å². The van der Waals surface area contributed by atoms with Gasteiger partial charge >= 0.3 is 0 Å². The fourth-order valence-corrected chi connectivity index (χ4v) is 1.83. The Morgan fingerprint density at radius 3 is 2.00 bits per heavy atom. The van der Waals surface area contributed by atoms with Crippen LogP contribution in [-0.4, -0.2) is 23.8 Å². The minimum atomic E-state index is -3.25. The third-order valence-electron chi connectivity index (χ3n) is 2.45. The van der Waals surface area contributed by atoms with Gasteiger partial charge < -0.3 is 0 Å². The van der Waals surface area contributed by atoms with Crippen molar-refractivity contribution in [1.29, 1.82) is 0 Å². The molecule has 0 bridgehead atoms. The molecule has 3 nitrogen and oxygen atoms in total. The molecule has 0 atom stereocenters. The van der Waals surface area contributed by atoms with Crippen molar-refractivity contribution in [3.63, 3.8) is 0 Å². The molecular weight excluding hydrogens is 206 g/mol. The fourth-order valence-electron chi connectivity index (χ4n) is 1.83. The van der Waals surface area contributed by atoms with E-state index in [0.717, 1.165) is 0 Å². The van der Waals surface area contributed by atoms with Crippen LogP contribution < -0.4 is 0 Å². The maximum Gasteiger partial charge on any atom is 0.297 e. The van der Waals surface area contributed by atoms with Crippen molar-refractivity contribution in [2.24, 2.45) is 11.3 Å². The number of alkyl halides is 2. The number of rotatable bonds is 2. The van der Waals surface area contributed by atoms with E-state index in [1.165, 1.54) is 0 Å². The van der Waals surface area contributed by atoms with E-state index in [-0.39, 0.29) is 12.8 Å². The average Bonchev–Trinajstić information content (AvgIpc) is 1.99. The van der Waals surface area contributed by atoms with Gasteiger partial charge in [-0.3, -0.25) is 14.4 Å². The summed E-state index contributed by atoms with van der Waals surface area (Å²) in [5, 5.41) is 0. The van der Waals surface area contributed by atoms with E-state index in [1.807, 2.05) is 0 Å². The quantitative estimate of drug-likeness (QED) is 0.658. The predicted molar refractivity (Wildman–Crippen MR) is 47.5 cm³/mol. The molecule has 0 aromatic carbocycles. The third kappa shape index (κ3) is 2.46. The van der Waals surface area contributed by atoms with Crippen molar-refractivity contribution < 1.29 is 23.2 Å². The van der Waals surface area contributed by atoms with Gasteiger partial charge in [0.2, 0.25) is 5.78 Å². The molecule has 0 aromatic heterocycles. The highest BCUT2D eigenvalue weighted by Crippen LogP contribution is 2.34. The summed E-state index contributed by atoms with van der Waals surface area (Å²) in [7, 11) is 0. The van der Waals surface area contributed by atoms with Crippen LogP contribution in [0, 0.1) is 11.3 Å². The number of ketones is 3. The van der Waals surface area contributed by atoms with Crippen molar-refractivity contribution in [1.82, 2.24) is 0 Å². The van der Waals surface area contributed by atoms with E-state index in [2.05, 4.69) is 0 Å². The summed E-state index contributed by atoms with van der Waals surface area (Å²) >= 11 is 0. The molecule has 0 radical (unpaired) electrons. The first-order chi connectivity index (χ1) is 6.74. The van der Waals surface area contributed by atoms with E-state index in [9.17, 15) is 23.2 Å². The SMILES string of the molecule is CC1(C)CC(=O)C(C(=O)C(F)F)C(=O)C1. The van der Waals surface area contributed by atoms with Crippen molar-refractivity contribution in [2.75, 3.05) is 0 Å². The Labute approximate surface area is 85.8 Å². The van der Waals surface area contributed by atoms with Crippen LogP contribution in [0.15, 0.2) is 0 Å². The number of halogens is 2. The Hall–Kier alpha value is -1.13. The molecule has 1 aliphatic carbocycles. The lowest BCUT2D eigenvalue weighted by Gasteiger charge is -2.31. The zero-order valence-electron chi connectivity index (χ0n) is 8.55. The van der Waals surface area contributed by atoms with Crippen LogP contribution in [0.25, 0.3) is 0 Å². The van der Waals surface area contributed by atoms with Gasteiger partial charge in [-0.2, -0.15) is 0 Å². The molecule has 0 amide bonds. The standard InChI is InChI=1S/C10H12F2O3/c1-10(2)3-5(13)7(6(14)4-10)8(15)9(11)12/h7,9H,3-4H2,1-2H3. The van der Waals surface area contributed by atoms with E-state index in [0.29, 0.717) is 0 Å². The number of hydrogen-bond acceptors (Lipinski definition) is 3. The smallest absolute Gasteiger partial charge is 0.297 e. The molecule has 1 fully saturated rings. The lowest BCUT2D eigenvalue weighted by Crippen LogP contribution is -2.43. The maximum atomic E-state index is 12.1. The normalized spacial score (nSPS) is 22.2. The predicted octanol–water partition coefficient (Wildman–Crippen LogP) is 1.40. The molecule has 84 valence electrons. The summed E-state index contributed by atoms with van der Waals surface area (Å²) in [5.41, 5.74) is -0.521. The second-order valence-corrected chi connectivity index (χ2v) is 4.59. The molecule has 0 aliphatic heterocycles. The van der Waals surface area contributed by atoms with Gasteiger partial charge in [-0.15, -0.1) is 0 Å². The molecule has 1 saturated carbocycles. The summed E-state index contributed by atoms with van der Waals surface area (Å²) < 4.78 is 24.2. The molecule has 0 N–H and O–H groups in total. The number of carbonyl (C=O) groups is 3. The number of Topliss-reactive ketones (excluding diaryl/α,β-unsaturated/α-hetero) is 3. The van der Waals surface area contributed by atoms with Crippen molar-refractivity contribution in [3.8, 4) is 0 Å². The summed E-state index contributed by atoms with van der Waals surface area (Å²) in [4.78, 5) is 33.7. The molecule has 0 aromatic rings. The van der Waals surface area contributed by atoms with Crippen molar-refractivity contribution in [2.45, 2.75) is 33.1 Å². The lowest BCUT2D eigenvalue weighted by molar-refractivity contribution is -0.149. The third-order valence-corrected chi connectivity index (χ3v) is 2.45. The Balaban J connectivity index is 2.89. The molecular formula is C10H12F2O3. The van der Waals surface area contributed by atoms with Gasteiger partial charge in [-0.1, -0.05) is 13.8 Å². The van der Waals surface area contributed by atoms with Gasteiger partial charge in [-0.05, 0) is 5.41 Å². The average molecular weight is 218 g/mol. The zero-order valence-corrected chi connectivity index (χ0v) is 8.55. The van der Waals surface area contributed by atoms with Gasteiger partial charge in [0, 0.05) is 12.8 Å². The highest BCUT2D eigenvalue weighted by Gasteiger charge is 2.45. The first kappa shape index (κ1) is 11.9. The van der Waals surface area contributed by atoms with Gasteiger partial charge in [-0.25, -0.2) is 8.78 Å². The largest absolute Gasteiger partial charge is 0.298 e. The van der Waals surface area contributed by atoms with Gasteiger partial charge in [0.1, 0.15) is 5.92 Å². The first-order valence-electron chi connectivity index (χ1n) is 4.62. The van der Waals surface area contributed by atoms with Crippen LogP contribution in [0.3, 0.4) is 0 Å². The Morgan fingerprint density at radius 2 is 1.67 bits per heavy atom. The molecule has 0 spiro atoms. The van der Waals surface area contributed by atoms with Crippen LogP contribution in [0.1, 0.15) is 26.7 Å². The Bertz CT molecular complexity index is 301. The summed E-state index contributed by atoms with van der Waals surface area (Å²) in [6.45, 7) is 3.40. The van der Waals surface area contributed by atoms with Crippen LogP contribution in [0.5, 0.6) is 0 Å². The van der Waals surface area contributed by atoms with E-state index in [1.54, 1.807) is 13.8 Å². The van der Waals surface area contributed by atoms with E-state index >= 15 is 0 Å². The van der Waals surface area contributed by atoms with Gasteiger partial charge in [0.05, 0.1) is 0 Å². The fraction of sp³-hybridized carbons (Fsp3) is 0.700. The minimum absolute atomic E-state index is 0.00185. The van der Waals surface area contributed by atoms with Crippen molar-refractivity contribution >= 4 is 17.3 Å². The van der Waals surface area contributed by atoms with Crippen LogP contribution in [0.4, 0.5) is 8.78 Å². The summed E-state index contributed by atoms with van der Waals surface area (Å²) in [6, 6.07) is 0. The summed E-state index contributed by atoms with van der Waals surface area (Å²) in [6.07, 6.45) is -3.24. The monoisotopic (exact) mass is 218 g/mol. The molecule has 0 heterocycles. The lowest BCUT2D eigenvalue weighted by atomic mass is 9.70. The summed E-state index contributed by atoms with van der Waals surface area (Å²) in [5.74, 6) is -4.64. The van der Waals surface area contributed by atoms with Crippen LogP contribution >= 0.6 is 0 Å². The second kappa shape index (κ2) is 3.79. The molecule has 1 rings (SSSR count). The minimum Gasteiger partial charge on any atom is -0.298 e. The van der Waals surface area contributed by atoms with Crippen molar-refractivity contribution in [3.05, 3.63) is 0 Å². The molecule has 15 heavy (non-hydrogen) atoms. The number of carbonyl (C=O) groups excluding carboxylic acids is 3. The zero-order chi connectivity index (χ0) is 11.8. The molecule has 0 unspecified atom stereocenters. The first-order valence-corrected chi connectivity index (χ1v) is 4.62. The van der Waals surface area contributed by atoms with E-state index in [4.69, 9.17) is 0 Å². The maximum absolute atomic E-state index is 12.1. The highest BCUT2D eigenvalue weighted by atomic mass is 19.3. The van der Waals surface area contributed by atoms with Gasteiger partial charge in [0.25, 0.3) is 6.43 Å². The topological polar surface area (TPSA) is 51.2 Å². The molecule has 0 saturated heterocycles. The van der Waals surface area contributed by atoms with Crippen LogP contribution in [0.2, 0.25) is 0 Å². The number of hydrogen-bond donors (Lipinski definition) is 0. The Morgan fingerprint density at radius 1 is 1.27 bits per heavy atom.